The number of anilines is 1. The molecule has 0 radical (unpaired) electrons. The van der Waals surface area contributed by atoms with Crippen LogP contribution in [0.25, 0.3) is 0 Å². The van der Waals surface area contributed by atoms with Crippen LogP contribution in [0.2, 0.25) is 0 Å². The SMILES string of the molecule is Cc1nc(N)c(C)c(Oc2c(Br)cc([N+](=O)[O-])cc2Br)n1. The molecule has 1 aromatic heterocycles. The van der Waals surface area contributed by atoms with Crippen molar-refractivity contribution in [3.05, 3.63) is 42.6 Å². The maximum absolute atomic E-state index is 10.8. The van der Waals surface area contributed by atoms with Crippen LogP contribution in [0, 0.1) is 24.0 Å². The van der Waals surface area contributed by atoms with Crippen LogP contribution in [0.1, 0.15) is 11.4 Å². The number of non-ortho nitro benzene ring substituents is 1. The highest BCUT2D eigenvalue weighted by Gasteiger charge is 2.18. The molecule has 9 heteroatoms. The predicted octanol–water partition coefficient (Wildman–Crippen LogP) is 3.90. The molecule has 1 aromatic carbocycles. The average Bonchev–Trinajstić information content (AvgIpc) is 2.38. The van der Waals surface area contributed by atoms with Crippen molar-refractivity contribution < 1.29 is 9.66 Å². The number of aromatic nitrogens is 2. The van der Waals surface area contributed by atoms with E-state index in [1.54, 1.807) is 13.8 Å². The number of nitrogens with two attached hydrogens (primary N) is 1. The van der Waals surface area contributed by atoms with E-state index in [9.17, 15) is 10.1 Å². The molecule has 0 fully saturated rings. The van der Waals surface area contributed by atoms with Crippen molar-refractivity contribution in [3.63, 3.8) is 0 Å². The Morgan fingerprint density at radius 3 is 2.33 bits per heavy atom. The Kier molecular flexibility index (Phi) is 4.43. The fourth-order valence-corrected chi connectivity index (χ4v) is 2.89. The molecule has 0 unspecified atom stereocenters. The Hall–Kier alpha value is -1.74. The lowest BCUT2D eigenvalue weighted by atomic mass is 10.3. The standard InChI is InChI=1S/C12H10Br2N4O3/c1-5-11(15)16-6(2)17-12(5)21-10-8(13)3-7(18(19)20)4-9(10)14/h3-4H,1-2H3,(H2,15,16,17). The molecule has 0 bridgehead atoms. The topological polar surface area (TPSA) is 104 Å². The van der Waals surface area contributed by atoms with Crippen LogP contribution in [-0.4, -0.2) is 14.9 Å². The Morgan fingerprint density at radius 1 is 1.24 bits per heavy atom. The number of nitrogen functional groups attached to an aromatic ring is 1. The van der Waals surface area contributed by atoms with Crippen molar-refractivity contribution in [2.75, 3.05) is 5.73 Å². The van der Waals surface area contributed by atoms with Crippen LogP contribution in [0.5, 0.6) is 11.6 Å². The van der Waals surface area contributed by atoms with Crippen LogP contribution in [0.3, 0.4) is 0 Å². The van der Waals surface area contributed by atoms with Crippen molar-refractivity contribution in [1.29, 1.82) is 0 Å². The second-order valence-corrected chi connectivity index (χ2v) is 5.89. The first-order chi connectivity index (χ1) is 9.79. The number of benzene rings is 1. The zero-order valence-corrected chi connectivity index (χ0v) is 14.2. The molecule has 21 heavy (non-hydrogen) atoms. The van der Waals surface area contributed by atoms with Gasteiger partial charge < -0.3 is 10.5 Å². The molecule has 2 N–H and O–H groups in total. The lowest BCUT2D eigenvalue weighted by Gasteiger charge is -2.12. The van der Waals surface area contributed by atoms with E-state index in [-0.39, 0.29) is 5.69 Å². The lowest BCUT2D eigenvalue weighted by Crippen LogP contribution is -2.03. The van der Waals surface area contributed by atoms with E-state index in [2.05, 4.69) is 41.8 Å². The van der Waals surface area contributed by atoms with Crippen molar-refractivity contribution in [1.82, 2.24) is 9.97 Å². The molecule has 1 heterocycles. The predicted molar refractivity (Wildman–Crippen MR) is 84.5 cm³/mol. The number of nitro benzene ring substituents is 1. The summed E-state index contributed by atoms with van der Waals surface area (Å²) in [6.45, 7) is 3.43. The molecule has 0 aliphatic rings. The zero-order chi connectivity index (χ0) is 15.7. The minimum atomic E-state index is -0.489. The van der Waals surface area contributed by atoms with Gasteiger partial charge >= 0.3 is 0 Å². The monoisotopic (exact) mass is 416 g/mol. The average molecular weight is 418 g/mol. The minimum Gasteiger partial charge on any atom is -0.436 e. The van der Waals surface area contributed by atoms with Gasteiger partial charge in [-0.1, -0.05) is 0 Å². The van der Waals surface area contributed by atoms with E-state index in [0.717, 1.165) is 0 Å². The van der Waals surface area contributed by atoms with Crippen LogP contribution in [0.15, 0.2) is 21.1 Å². The number of hydrogen-bond donors (Lipinski definition) is 1. The first-order valence-electron chi connectivity index (χ1n) is 5.71. The fraction of sp³-hybridized carbons (Fsp3) is 0.167. The zero-order valence-electron chi connectivity index (χ0n) is 11.1. The number of halogens is 2. The van der Waals surface area contributed by atoms with E-state index in [4.69, 9.17) is 10.5 Å². The molecule has 0 aliphatic heterocycles. The van der Waals surface area contributed by atoms with Crippen molar-refractivity contribution in [3.8, 4) is 11.6 Å². The van der Waals surface area contributed by atoms with Crippen LogP contribution in [0.4, 0.5) is 11.5 Å². The molecule has 110 valence electrons. The van der Waals surface area contributed by atoms with Gasteiger partial charge in [-0.3, -0.25) is 10.1 Å². The quantitative estimate of drug-likeness (QED) is 0.599. The highest BCUT2D eigenvalue weighted by molar-refractivity contribution is 9.11. The summed E-state index contributed by atoms with van der Waals surface area (Å²) in [4.78, 5) is 18.5. The molecule has 0 saturated carbocycles. The number of hydrogen-bond acceptors (Lipinski definition) is 6. The molecular formula is C12H10Br2N4O3. The minimum absolute atomic E-state index is 0.0591. The smallest absolute Gasteiger partial charge is 0.271 e. The largest absolute Gasteiger partial charge is 0.436 e. The van der Waals surface area contributed by atoms with Crippen LogP contribution in [-0.2, 0) is 0 Å². The normalized spacial score (nSPS) is 10.5. The summed E-state index contributed by atoms with van der Waals surface area (Å²) in [6, 6.07) is 2.71. The number of nitrogens with zero attached hydrogens (tertiary/aromatic N) is 3. The van der Waals surface area contributed by atoms with Crippen molar-refractivity contribution in [2.45, 2.75) is 13.8 Å². The summed E-state index contributed by atoms with van der Waals surface area (Å²) < 4.78 is 6.58. The van der Waals surface area contributed by atoms with E-state index in [0.29, 0.717) is 37.8 Å². The van der Waals surface area contributed by atoms with Gasteiger partial charge in [0.15, 0.2) is 5.75 Å². The van der Waals surface area contributed by atoms with Gasteiger partial charge in [0.05, 0.1) is 19.4 Å². The Labute approximate surface area is 136 Å². The molecular weight excluding hydrogens is 408 g/mol. The Bertz CT molecular complexity index is 714. The summed E-state index contributed by atoms with van der Waals surface area (Å²) in [7, 11) is 0. The van der Waals surface area contributed by atoms with Gasteiger partial charge in [-0.2, -0.15) is 4.98 Å². The molecule has 0 amide bonds. The van der Waals surface area contributed by atoms with E-state index in [1.165, 1.54) is 12.1 Å². The number of ether oxygens (including phenoxy) is 1. The third-order valence-electron chi connectivity index (χ3n) is 2.64. The summed E-state index contributed by atoms with van der Waals surface area (Å²) in [5, 5.41) is 10.8. The van der Waals surface area contributed by atoms with Crippen LogP contribution < -0.4 is 10.5 Å². The van der Waals surface area contributed by atoms with Gasteiger partial charge in [0.25, 0.3) is 5.69 Å². The van der Waals surface area contributed by atoms with Gasteiger partial charge in [-0.25, -0.2) is 4.98 Å². The summed E-state index contributed by atoms with van der Waals surface area (Å²) in [5.41, 5.74) is 6.31. The van der Waals surface area contributed by atoms with Gasteiger partial charge in [0.1, 0.15) is 11.6 Å². The molecule has 2 aromatic rings. The molecule has 0 atom stereocenters. The third-order valence-corrected chi connectivity index (χ3v) is 3.82. The van der Waals surface area contributed by atoms with E-state index < -0.39 is 4.92 Å². The van der Waals surface area contributed by atoms with E-state index >= 15 is 0 Å². The van der Waals surface area contributed by atoms with Gasteiger partial charge in [0, 0.05) is 12.1 Å². The Balaban J connectivity index is 2.48. The molecule has 0 saturated heterocycles. The van der Waals surface area contributed by atoms with E-state index in [1.807, 2.05) is 0 Å². The first-order valence-corrected chi connectivity index (χ1v) is 7.30. The van der Waals surface area contributed by atoms with Gasteiger partial charge in [-0.05, 0) is 45.7 Å². The highest BCUT2D eigenvalue weighted by Crippen LogP contribution is 2.40. The number of aryl methyl sites for hydroxylation is 1. The summed E-state index contributed by atoms with van der Waals surface area (Å²) in [6.07, 6.45) is 0. The van der Waals surface area contributed by atoms with Crippen molar-refractivity contribution >= 4 is 43.4 Å². The molecule has 0 spiro atoms. The third kappa shape index (κ3) is 3.30. The number of rotatable bonds is 3. The first kappa shape index (κ1) is 15.6. The van der Waals surface area contributed by atoms with Gasteiger partial charge in [-0.15, -0.1) is 0 Å². The highest BCUT2D eigenvalue weighted by atomic mass is 79.9. The maximum atomic E-state index is 10.8. The molecule has 0 aliphatic carbocycles. The van der Waals surface area contributed by atoms with Crippen LogP contribution >= 0.6 is 31.9 Å². The maximum Gasteiger partial charge on any atom is 0.271 e. The van der Waals surface area contributed by atoms with Crippen molar-refractivity contribution in [2.24, 2.45) is 0 Å². The molecule has 2 rings (SSSR count). The lowest BCUT2D eigenvalue weighted by molar-refractivity contribution is -0.385. The second kappa shape index (κ2) is 5.94. The second-order valence-electron chi connectivity index (χ2n) is 4.18. The molecule has 7 nitrogen and oxygen atoms in total. The fourth-order valence-electron chi connectivity index (χ4n) is 1.57. The number of nitro groups is 1. The summed E-state index contributed by atoms with van der Waals surface area (Å²) in [5.74, 6) is 1.48. The summed E-state index contributed by atoms with van der Waals surface area (Å²) >= 11 is 6.50. The Morgan fingerprint density at radius 2 is 1.81 bits per heavy atom. The van der Waals surface area contributed by atoms with Gasteiger partial charge in [0.2, 0.25) is 5.88 Å².